The van der Waals surface area contributed by atoms with Crippen molar-refractivity contribution < 1.29 is 14.3 Å². The highest BCUT2D eigenvalue weighted by atomic mass is 16.5. The predicted octanol–water partition coefficient (Wildman–Crippen LogP) is 0.970. The van der Waals surface area contributed by atoms with Crippen molar-refractivity contribution in [2.75, 3.05) is 33.4 Å². The number of rotatable bonds is 2. The second kappa shape index (κ2) is 5.46. The van der Waals surface area contributed by atoms with E-state index in [4.69, 9.17) is 9.47 Å². The van der Waals surface area contributed by atoms with Gasteiger partial charge in [-0.1, -0.05) is 6.08 Å². The van der Waals surface area contributed by atoms with Gasteiger partial charge in [-0.25, -0.2) is 4.79 Å². The van der Waals surface area contributed by atoms with Gasteiger partial charge in [0.1, 0.15) is 0 Å². The third kappa shape index (κ3) is 2.44. The number of carbonyl (C=O) groups is 1. The molecule has 0 spiro atoms. The van der Waals surface area contributed by atoms with Gasteiger partial charge in [-0.2, -0.15) is 0 Å². The van der Waals surface area contributed by atoms with Crippen molar-refractivity contribution in [2.24, 2.45) is 0 Å². The van der Waals surface area contributed by atoms with Crippen molar-refractivity contribution in [3.63, 3.8) is 0 Å². The summed E-state index contributed by atoms with van der Waals surface area (Å²) in [6, 6.07) is 0.241. The first-order chi connectivity index (χ1) is 7.83. The molecule has 0 aromatic carbocycles. The van der Waals surface area contributed by atoms with Crippen LogP contribution in [0.15, 0.2) is 11.6 Å². The fourth-order valence-corrected chi connectivity index (χ4v) is 2.47. The molecule has 2 rings (SSSR count). The first-order valence-electron chi connectivity index (χ1n) is 5.93. The lowest BCUT2D eigenvalue weighted by Crippen LogP contribution is -2.46. The number of hydrogen-bond donors (Lipinski definition) is 0. The molecule has 1 saturated heterocycles. The van der Waals surface area contributed by atoms with Crippen LogP contribution in [0.2, 0.25) is 0 Å². The number of nitrogens with zero attached hydrogens (tertiary/aromatic N) is 1. The van der Waals surface area contributed by atoms with E-state index in [-0.39, 0.29) is 12.0 Å². The summed E-state index contributed by atoms with van der Waals surface area (Å²) >= 11 is 0. The van der Waals surface area contributed by atoms with Crippen LogP contribution in [-0.2, 0) is 14.3 Å². The van der Waals surface area contributed by atoms with Crippen molar-refractivity contribution in [2.45, 2.75) is 25.3 Å². The fourth-order valence-electron chi connectivity index (χ4n) is 2.47. The van der Waals surface area contributed by atoms with E-state index in [1.807, 2.05) is 6.08 Å². The van der Waals surface area contributed by atoms with Crippen molar-refractivity contribution in [3.8, 4) is 0 Å². The summed E-state index contributed by atoms with van der Waals surface area (Å²) in [7, 11) is 1.45. The van der Waals surface area contributed by atoms with Crippen LogP contribution >= 0.6 is 0 Å². The highest BCUT2D eigenvalue weighted by molar-refractivity contribution is 5.89. The van der Waals surface area contributed by atoms with E-state index in [0.717, 1.165) is 51.1 Å². The Labute approximate surface area is 96.2 Å². The molecular formula is C12H19NO3. The van der Waals surface area contributed by atoms with Crippen LogP contribution in [0.4, 0.5) is 0 Å². The van der Waals surface area contributed by atoms with E-state index in [9.17, 15) is 4.79 Å². The minimum absolute atomic E-state index is 0.170. The van der Waals surface area contributed by atoms with Crippen LogP contribution in [-0.4, -0.2) is 50.3 Å². The SMILES string of the molecule is COC(=O)C1=CCCC[C@@H]1N1CCOCC1. The molecule has 0 aromatic heterocycles. The van der Waals surface area contributed by atoms with E-state index in [1.165, 1.54) is 7.11 Å². The third-order valence-electron chi connectivity index (χ3n) is 3.31. The number of ether oxygens (including phenoxy) is 2. The molecule has 16 heavy (non-hydrogen) atoms. The van der Waals surface area contributed by atoms with Crippen LogP contribution in [0.25, 0.3) is 0 Å². The van der Waals surface area contributed by atoms with E-state index in [1.54, 1.807) is 0 Å². The minimum atomic E-state index is -0.170. The minimum Gasteiger partial charge on any atom is -0.466 e. The second-order valence-corrected chi connectivity index (χ2v) is 4.25. The van der Waals surface area contributed by atoms with Crippen LogP contribution in [0, 0.1) is 0 Å². The summed E-state index contributed by atoms with van der Waals surface area (Å²) in [6.45, 7) is 3.37. The molecule has 1 fully saturated rings. The van der Waals surface area contributed by atoms with Gasteiger partial charge in [0, 0.05) is 19.1 Å². The smallest absolute Gasteiger partial charge is 0.335 e. The summed E-state index contributed by atoms with van der Waals surface area (Å²) in [6.07, 6.45) is 5.24. The molecule has 0 saturated carbocycles. The normalized spacial score (nSPS) is 27.3. The lowest BCUT2D eigenvalue weighted by molar-refractivity contribution is -0.137. The van der Waals surface area contributed by atoms with Crippen LogP contribution in [0.1, 0.15) is 19.3 Å². The number of hydrogen-bond acceptors (Lipinski definition) is 4. The van der Waals surface area contributed by atoms with Crippen molar-refractivity contribution in [1.82, 2.24) is 4.90 Å². The Balaban J connectivity index is 2.08. The Bertz CT molecular complexity index is 282. The quantitative estimate of drug-likeness (QED) is 0.656. The van der Waals surface area contributed by atoms with Crippen molar-refractivity contribution >= 4 is 5.97 Å². The van der Waals surface area contributed by atoms with E-state index < -0.39 is 0 Å². The maximum atomic E-state index is 11.7. The highest BCUT2D eigenvalue weighted by Crippen LogP contribution is 2.25. The summed E-state index contributed by atoms with van der Waals surface area (Å²) in [5.74, 6) is -0.170. The summed E-state index contributed by atoms with van der Waals surface area (Å²) in [4.78, 5) is 14.0. The first-order valence-corrected chi connectivity index (χ1v) is 5.93. The van der Waals surface area contributed by atoms with Gasteiger partial charge in [0.2, 0.25) is 0 Å². The number of allylic oxidation sites excluding steroid dienone is 1. The van der Waals surface area contributed by atoms with Crippen molar-refractivity contribution in [1.29, 1.82) is 0 Å². The third-order valence-corrected chi connectivity index (χ3v) is 3.31. The Morgan fingerprint density at radius 1 is 1.50 bits per heavy atom. The maximum Gasteiger partial charge on any atom is 0.335 e. The zero-order valence-corrected chi connectivity index (χ0v) is 9.78. The average molecular weight is 225 g/mol. The lowest BCUT2D eigenvalue weighted by Gasteiger charge is -2.36. The monoisotopic (exact) mass is 225 g/mol. The summed E-state index contributed by atoms with van der Waals surface area (Å²) in [5.41, 5.74) is 0.843. The molecule has 0 bridgehead atoms. The van der Waals surface area contributed by atoms with Gasteiger partial charge in [0.05, 0.1) is 25.9 Å². The van der Waals surface area contributed by atoms with E-state index in [2.05, 4.69) is 4.90 Å². The van der Waals surface area contributed by atoms with Crippen LogP contribution in [0.5, 0.6) is 0 Å². The second-order valence-electron chi connectivity index (χ2n) is 4.25. The van der Waals surface area contributed by atoms with Gasteiger partial charge in [0.25, 0.3) is 0 Å². The Morgan fingerprint density at radius 2 is 2.25 bits per heavy atom. The zero-order valence-electron chi connectivity index (χ0n) is 9.78. The maximum absolute atomic E-state index is 11.7. The molecule has 0 N–H and O–H groups in total. The van der Waals surface area contributed by atoms with Gasteiger partial charge >= 0.3 is 5.97 Å². The van der Waals surface area contributed by atoms with Crippen LogP contribution in [0.3, 0.4) is 0 Å². The zero-order chi connectivity index (χ0) is 11.4. The van der Waals surface area contributed by atoms with Gasteiger partial charge in [-0.3, -0.25) is 4.90 Å². The van der Waals surface area contributed by atoms with E-state index in [0.29, 0.717) is 0 Å². The fraction of sp³-hybridized carbons (Fsp3) is 0.750. The molecule has 1 atom stereocenters. The molecule has 0 radical (unpaired) electrons. The molecule has 1 heterocycles. The first kappa shape index (κ1) is 11.6. The largest absolute Gasteiger partial charge is 0.466 e. The topological polar surface area (TPSA) is 38.8 Å². The molecule has 0 aromatic rings. The molecule has 1 aliphatic carbocycles. The van der Waals surface area contributed by atoms with Crippen molar-refractivity contribution in [3.05, 3.63) is 11.6 Å². The van der Waals surface area contributed by atoms with Gasteiger partial charge in [0.15, 0.2) is 0 Å². The van der Waals surface area contributed by atoms with Gasteiger partial charge < -0.3 is 9.47 Å². The molecule has 4 nitrogen and oxygen atoms in total. The Morgan fingerprint density at radius 3 is 2.94 bits per heavy atom. The van der Waals surface area contributed by atoms with Gasteiger partial charge in [-0.15, -0.1) is 0 Å². The molecule has 4 heteroatoms. The molecule has 90 valence electrons. The Kier molecular flexibility index (Phi) is 3.96. The molecule has 1 aliphatic heterocycles. The number of methoxy groups -OCH3 is 1. The average Bonchev–Trinajstić information content (AvgIpc) is 2.39. The van der Waals surface area contributed by atoms with Gasteiger partial charge in [-0.05, 0) is 19.3 Å². The highest BCUT2D eigenvalue weighted by Gasteiger charge is 2.30. The Hall–Kier alpha value is -0.870. The number of morpholine rings is 1. The molecule has 0 unspecified atom stereocenters. The standard InChI is InChI=1S/C12H19NO3/c1-15-12(14)10-4-2-3-5-11(10)13-6-8-16-9-7-13/h4,11H,2-3,5-9H2,1H3/t11-/m0/s1. The summed E-state index contributed by atoms with van der Waals surface area (Å²) in [5, 5.41) is 0. The summed E-state index contributed by atoms with van der Waals surface area (Å²) < 4.78 is 10.2. The predicted molar refractivity (Wildman–Crippen MR) is 60.1 cm³/mol. The number of carbonyl (C=O) groups excluding carboxylic acids is 1. The molecular weight excluding hydrogens is 206 g/mol. The lowest BCUT2D eigenvalue weighted by atomic mass is 9.92. The van der Waals surface area contributed by atoms with E-state index >= 15 is 0 Å². The van der Waals surface area contributed by atoms with Crippen LogP contribution < -0.4 is 0 Å². The number of esters is 1. The molecule has 2 aliphatic rings. The molecule has 0 amide bonds.